The van der Waals surface area contributed by atoms with E-state index in [-0.39, 0.29) is 35.4 Å². The summed E-state index contributed by atoms with van der Waals surface area (Å²) in [6.07, 6.45) is 7.35. The first-order valence-electron chi connectivity index (χ1n) is 14.3. The van der Waals surface area contributed by atoms with Gasteiger partial charge in [0.2, 0.25) is 5.91 Å². The molecular weight excluding hydrogens is 537 g/mol. The minimum Gasteiger partial charge on any atom is -0.401 e. The van der Waals surface area contributed by atoms with Crippen LogP contribution in [-0.4, -0.2) is 55.5 Å². The zero-order valence-electron chi connectivity index (χ0n) is 24.5. The van der Waals surface area contributed by atoms with E-state index in [4.69, 9.17) is 11.6 Å². The summed E-state index contributed by atoms with van der Waals surface area (Å²) in [6, 6.07) is 2.81. The second-order valence-electron chi connectivity index (χ2n) is 11.4. The van der Waals surface area contributed by atoms with Gasteiger partial charge in [-0.2, -0.15) is 4.98 Å². The maximum Gasteiger partial charge on any atom is 0.355 e. The second kappa shape index (κ2) is 11.5. The molecule has 2 aliphatic rings. The Morgan fingerprint density at radius 1 is 1.14 bits per heavy atom. The van der Waals surface area contributed by atoms with E-state index in [9.17, 15) is 9.59 Å². The highest BCUT2D eigenvalue weighted by Gasteiger charge is 2.34. The summed E-state index contributed by atoms with van der Waals surface area (Å²) in [7, 11) is 0. The van der Waals surface area contributed by atoms with Crippen LogP contribution >= 0.6 is 0 Å². The normalized spacial score (nSPS) is 20.9. The average molecular weight is 576 g/mol. The number of amides is 1. The molecular formula is C30H38FN9O2. The Labute approximate surface area is 244 Å². The van der Waals surface area contributed by atoms with Crippen LogP contribution in [0.3, 0.4) is 0 Å². The van der Waals surface area contributed by atoms with E-state index in [1.54, 1.807) is 11.1 Å². The van der Waals surface area contributed by atoms with Crippen molar-refractivity contribution in [1.29, 1.82) is 0 Å². The van der Waals surface area contributed by atoms with Gasteiger partial charge in [0.25, 0.3) is 0 Å². The summed E-state index contributed by atoms with van der Waals surface area (Å²) in [5.41, 5.74) is 8.62. The Hall–Kier alpha value is -4.32. The van der Waals surface area contributed by atoms with Crippen LogP contribution < -0.4 is 27.2 Å². The minimum absolute atomic E-state index is 0.0168. The van der Waals surface area contributed by atoms with Crippen molar-refractivity contribution in [3.63, 3.8) is 0 Å². The van der Waals surface area contributed by atoms with Crippen molar-refractivity contribution in [3.8, 4) is 5.69 Å². The SMILES string of the molecule is C=CC(=O)N1C[C@H](C)N(c2nc(=O)n3c4nc(c(F)cc24)N(N)/C=C(\N)CCCCc2ccnc(C(C)C)c2-3)C[C@H]1C. The van der Waals surface area contributed by atoms with Gasteiger partial charge < -0.3 is 15.5 Å². The van der Waals surface area contributed by atoms with Crippen LogP contribution in [0.2, 0.25) is 0 Å². The van der Waals surface area contributed by atoms with Crippen molar-refractivity contribution in [2.24, 2.45) is 11.6 Å². The molecule has 0 saturated carbocycles. The Morgan fingerprint density at radius 2 is 1.88 bits per heavy atom. The number of halogens is 1. The Morgan fingerprint density at radius 3 is 2.60 bits per heavy atom. The predicted octanol–water partition coefficient (Wildman–Crippen LogP) is 3.26. The molecule has 2 atom stereocenters. The summed E-state index contributed by atoms with van der Waals surface area (Å²) in [4.78, 5) is 44.1. The maximum atomic E-state index is 15.8. The summed E-state index contributed by atoms with van der Waals surface area (Å²) in [6.45, 7) is 12.3. The third kappa shape index (κ3) is 5.22. The van der Waals surface area contributed by atoms with E-state index < -0.39 is 11.5 Å². The van der Waals surface area contributed by atoms with Gasteiger partial charge in [0.05, 0.1) is 16.8 Å². The third-order valence-electron chi connectivity index (χ3n) is 8.02. The Kier molecular flexibility index (Phi) is 8.00. The van der Waals surface area contributed by atoms with E-state index >= 15 is 4.39 Å². The first-order chi connectivity index (χ1) is 20.0. The number of piperazine rings is 1. The van der Waals surface area contributed by atoms with Gasteiger partial charge in [0.1, 0.15) is 5.82 Å². The highest BCUT2D eigenvalue weighted by Crippen LogP contribution is 2.34. The molecule has 11 nitrogen and oxygen atoms in total. The van der Waals surface area contributed by atoms with Crippen molar-refractivity contribution < 1.29 is 9.18 Å². The van der Waals surface area contributed by atoms with E-state index in [0.717, 1.165) is 23.4 Å². The number of rotatable bonds is 3. The number of allylic oxidation sites excluding steroid dienone is 1. The number of aromatic nitrogens is 4. The number of carbonyl (C=O) groups is 1. The second-order valence-corrected chi connectivity index (χ2v) is 11.4. The largest absolute Gasteiger partial charge is 0.401 e. The van der Waals surface area contributed by atoms with Crippen molar-refractivity contribution in [2.45, 2.75) is 71.4 Å². The lowest BCUT2D eigenvalue weighted by molar-refractivity contribution is -0.128. The number of aryl methyl sites for hydroxylation is 1. The maximum absolute atomic E-state index is 15.8. The molecule has 3 aromatic heterocycles. The predicted molar refractivity (Wildman–Crippen MR) is 162 cm³/mol. The van der Waals surface area contributed by atoms with E-state index in [0.29, 0.717) is 54.2 Å². The first-order valence-corrected chi connectivity index (χ1v) is 14.3. The number of anilines is 2. The molecule has 0 spiro atoms. The summed E-state index contributed by atoms with van der Waals surface area (Å²) < 4.78 is 17.3. The lowest BCUT2D eigenvalue weighted by Gasteiger charge is -2.44. The molecule has 222 valence electrons. The van der Waals surface area contributed by atoms with E-state index in [2.05, 4.69) is 21.5 Å². The molecule has 0 aromatic carbocycles. The number of hydrogen-bond donors (Lipinski definition) is 2. The molecule has 4 N–H and O–H groups in total. The summed E-state index contributed by atoms with van der Waals surface area (Å²) in [5.74, 6) is 5.51. The zero-order chi connectivity index (χ0) is 30.3. The molecule has 5 heterocycles. The minimum atomic E-state index is -0.686. The monoisotopic (exact) mass is 575 g/mol. The lowest BCUT2D eigenvalue weighted by atomic mass is 9.99. The van der Waals surface area contributed by atoms with Gasteiger partial charge in [-0.1, -0.05) is 20.4 Å². The van der Waals surface area contributed by atoms with Gasteiger partial charge >= 0.3 is 5.69 Å². The number of nitrogens with two attached hydrogens (primary N) is 2. The molecule has 1 fully saturated rings. The average Bonchev–Trinajstić information content (AvgIpc) is 2.95. The topological polar surface area (TPSA) is 140 Å². The van der Waals surface area contributed by atoms with Gasteiger partial charge in [0.15, 0.2) is 17.3 Å². The van der Waals surface area contributed by atoms with Crippen LogP contribution in [0.15, 0.2) is 47.7 Å². The fourth-order valence-corrected chi connectivity index (χ4v) is 5.89. The fourth-order valence-electron chi connectivity index (χ4n) is 5.89. The third-order valence-corrected chi connectivity index (χ3v) is 8.02. The number of hydrazine groups is 1. The standard InChI is InChI=1S/C30H38FN9O2/c1-6-24(41)37-14-19(5)38(15-18(37)4)27-22-13-23(31)29-35-28(22)40(30(42)36-27)26-20(11-12-34-25(26)17(2)3)9-7-8-10-21(32)16-39(29)33/h6,11-13,16-19H,1,7-10,14-15,32-33H2,2-5H3/b21-16-/t18-,19+/m1/s1. The van der Waals surface area contributed by atoms with Gasteiger partial charge in [-0.3, -0.25) is 14.8 Å². The van der Waals surface area contributed by atoms with Crippen molar-refractivity contribution in [1.82, 2.24) is 24.4 Å². The van der Waals surface area contributed by atoms with Crippen LogP contribution in [0.25, 0.3) is 16.7 Å². The molecule has 0 aliphatic carbocycles. The van der Waals surface area contributed by atoms with Gasteiger partial charge in [-0.25, -0.2) is 24.6 Å². The van der Waals surface area contributed by atoms with Crippen LogP contribution in [0, 0.1) is 5.82 Å². The first kappa shape index (κ1) is 29.2. The highest BCUT2D eigenvalue weighted by molar-refractivity contribution is 5.91. The Balaban J connectivity index is 1.82. The van der Waals surface area contributed by atoms with Gasteiger partial charge in [0, 0.05) is 43.3 Å². The van der Waals surface area contributed by atoms with Crippen LogP contribution in [0.5, 0.6) is 0 Å². The van der Waals surface area contributed by atoms with E-state index in [1.807, 2.05) is 38.7 Å². The molecule has 2 bridgehead atoms. The van der Waals surface area contributed by atoms with Crippen LogP contribution in [-0.2, 0) is 11.2 Å². The molecule has 5 rings (SSSR count). The summed E-state index contributed by atoms with van der Waals surface area (Å²) >= 11 is 0. The molecule has 1 saturated heterocycles. The highest BCUT2D eigenvalue weighted by atomic mass is 19.1. The van der Waals surface area contributed by atoms with Crippen LogP contribution in [0.4, 0.5) is 16.0 Å². The molecule has 42 heavy (non-hydrogen) atoms. The molecule has 12 heteroatoms. The van der Waals surface area contributed by atoms with Crippen molar-refractivity contribution >= 4 is 28.6 Å². The number of nitrogens with zero attached hydrogens (tertiary/aromatic N) is 7. The molecule has 3 aromatic rings. The molecule has 1 amide bonds. The van der Waals surface area contributed by atoms with Gasteiger partial charge in [-0.15, -0.1) is 0 Å². The zero-order valence-corrected chi connectivity index (χ0v) is 24.5. The number of carbonyl (C=O) groups excluding carboxylic acids is 1. The number of hydrogen-bond acceptors (Lipinski definition) is 9. The van der Waals surface area contributed by atoms with Gasteiger partial charge in [-0.05, 0) is 69.2 Å². The molecule has 0 unspecified atom stereocenters. The molecule has 0 radical (unpaired) electrons. The van der Waals surface area contributed by atoms with Crippen molar-refractivity contribution in [3.05, 3.63) is 70.4 Å². The van der Waals surface area contributed by atoms with Crippen molar-refractivity contribution in [2.75, 3.05) is 23.0 Å². The van der Waals surface area contributed by atoms with Crippen LogP contribution in [0.1, 0.15) is 64.1 Å². The smallest absolute Gasteiger partial charge is 0.355 e. The lowest BCUT2D eigenvalue weighted by Crippen LogP contribution is -2.58. The summed E-state index contributed by atoms with van der Waals surface area (Å²) in [5, 5.41) is 1.41. The number of pyridine rings is 2. The van der Waals surface area contributed by atoms with E-state index in [1.165, 1.54) is 22.9 Å². The molecule has 2 aliphatic heterocycles. The fraction of sp³-hybridized carbons (Fsp3) is 0.433. The number of fused-ring (bicyclic) bond motifs is 3. The Bertz CT molecular complexity index is 1630. The quantitative estimate of drug-likeness (QED) is 0.356.